The summed E-state index contributed by atoms with van der Waals surface area (Å²) < 4.78 is 0. The summed E-state index contributed by atoms with van der Waals surface area (Å²) in [5, 5.41) is 3.10. The zero-order valence-corrected chi connectivity index (χ0v) is 15.6. The SMILES string of the molecule is Cc1ccc(NC(N)=NCc2cccnc2N2CCC(C(N)=O)CC2)cc1. The zero-order chi connectivity index (χ0) is 19.2. The number of aromatic nitrogens is 1. The summed E-state index contributed by atoms with van der Waals surface area (Å²) in [4.78, 5) is 22.5. The lowest BCUT2D eigenvalue weighted by atomic mass is 9.96. The van der Waals surface area contributed by atoms with Crippen LogP contribution < -0.4 is 21.7 Å². The Hall–Kier alpha value is -3.09. The highest BCUT2D eigenvalue weighted by molar-refractivity contribution is 5.92. The second kappa shape index (κ2) is 8.53. The molecule has 3 rings (SSSR count). The molecule has 0 bridgehead atoms. The number of benzene rings is 1. The molecule has 2 heterocycles. The number of anilines is 2. The number of aryl methyl sites for hydroxylation is 1. The molecular formula is C20H26N6O. The second-order valence-electron chi connectivity index (χ2n) is 6.84. The average Bonchev–Trinajstić information content (AvgIpc) is 2.68. The predicted molar refractivity (Wildman–Crippen MR) is 108 cm³/mol. The highest BCUT2D eigenvalue weighted by Crippen LogP contribution is 2.25. The number of hydrogen-bond acceptors (Lipinski definition) is 4. The smallest absolute Gasteiger partial charge is 0.220 e. The number of aliphatic imine (C=N–C) groups is 1. The van der Waals surface area contributed by atoms with Gasteiger partial charge in [-0.2, -0.15) is 0 Å². The average molecular weight is 366 g/mol. The molecule has 2 aromatic rings. The van der Waals surface area contributed by atoms with Gasteiger partial charge in [-0.3, -0.25) is 4.79 Å². The standard InChI is InChI=1S/C20H26N6O/c1-14-4-6-17(7-5-14)25-20(22)24-13-16-3-2-10-23-19(16)26-11-8-15(9-12-26)18(21)27/h2-7,10,15H,8-9,11-13H2,1H3,(H2,21,27)(H3,22,24,25). The van der Waals surface area contributed by atoms with Gasteiger partial charge in [0.25, 0.3) is 0 Å². The van der Waals surface area contributed by atoms with E-state index >= 15 is 0 Å². The molecule has 1 saturated heterocycles. The third kappa shape index (κ3) is 4.97. The molecule has 0 saturated carbocycles. The van der Waals surface area contributed by atoms with Crippen LogP contribution in [0.1, 0.15) is 24.0 Å². The van der Waals surface area contributed by atoms with E-state index in [0.29, 0.717) is 12.5 Å². The fraction of sp³-hybridized carbons (Fsp3) is 0.350. The Balaban J connectivity index is 1.65. The Morgan fingerprint density at radius 3 is 2.59 bits per heavy atom. The van der Waals surface area contributed by atoms with Crippen molar-refractivity contribution in [3.8, 4) is 0 Å². The number of guanidine groups is 1. The largest absolute Gasteiger partial charge is 0.370 e. The normalized spacial score (nSPS) is 15.6. The van der Waals surface area contributed by atoms with E-state index in [2.05, 4.69) is 20.2 Å². The van der Waals surface area contributed by atoms with E-state index in [4.69, 9.17) is 11.5 Å². The van der Waals surface area contributed by atoms with Crippen molar-refractivity contribution in [1.82, 2.24) is 4.98 Å². The topological polar surface area (TPSA) is 110 Å². The summed E-state index contributed by atoms with van der Waals surface area (Å²) in [5.41, 5.74) is 14.5. The van der Waals surface area contributed by atoms with Gasteiger partial charge >= 0.3 is 0 Å². The van der Waals surface area contributed by atoms with E-state index in [9.17, 15) is 4.79 Å². The van der Waals surface area contributed by atoms with Crippen LogP contribution in [0.5, 0.6) is 0 Å². The first-order valence-corrected chi connectivity index (χ1v) is 9.14. The number of nitrogens with one attached hydrogen (secondary N) is 1. The minimum absolute atomic E-state index is 0.0409. The van der Waals surface area contributed by atoms with Crippen LogP contribution in [0, 0.1) is 12.8 Å². The van der Waals surface area contributed by atoms with Crippen molar-refractivity contribution in [2.75, 3.05) is 23.3 Å². The summed E-state index contributed by atoms with van der Waals surface area (Å²) >= 11 is 0. The maximum Gasteiger partial charge on any atom is 0.220 e. The van der Waals surface area contributed by atoms with Crippen molar-refractivity contribution in [2.45, 2.75) is 26.3 Å². The van der Waals surface area contributed by atoms with Crippen LogP contribution in [0.2, 0.25) is 0 Å². The molecule has 1 aromatic carbocycles. The highest BCUT2D eigenvalue weighted by atomic mass is 16.1. The van der Waals surface area contributed by atoms with Crippen molar-refractivity contribution in [1.29, 1.82) is 0 Å². The van der Waals surface area contributed by atoms with E-state index < -0.39 is 0 Å². The van der Waals surface area contributed by atoms with Gasteiger partial charge in [-0.25, -0.2) is 9.98 Å². The van der Waals surface area contributed by atoms with Crippen molar-refractivity contribution < 1.29 is 4.79 Å². The number of pyridine rings is 1. The number of carbonyl (C=O) groups is 1. The Labute approximate surface area is 159 Å². The molecular weight excluding hydrogens is 340 g/mol. The summed E-state index contributed by atoms with van der Waals surface area (Å²) in [6.07, 6.45) is 3.29. The fourth-order valence-electron chi connectivity index (χ4n) is 3.21. The summed E-state index contributed by atoms with van der Waals surface area (Å²) in [6, 6.07) is 11.9. The minimum atomic E-state index is -0.213. The number of piperidine rings is 1. The van der Waals surface area contributed by atoms with E-state index in [1.54, 1.807) is 6.20 Å². The van der Waals surface area contributed by atoms with Gasteiger partial charge in [0.15, 0.2) is 5.96 Å². The molecule has 0 atom stereocenters. The summed E-state index contributed by atoms with van der Waals surface area (Å²) in [6.45, 7) is 4.00. The Morgan fingerprint density at radius 2 is 1.93 bits per heavy atom. The van der Waals surface area contributed by atoms with Crippen molar-refractivity contribution >= 4 is 23.4 Å². The van der Waals surface area contributed by atoms with Gasteiger partial charge < -0.3 is 21.7 Å². The van der Waals surface area contributed by atoms with Crippen LogP contribution in [0.15, 0.2) is 47.6 Å². The molecule has 142 valence electrons. The number of nitrogens with zero attached hydrogens (tertiary/aromatic N) is 3. The van der Waals surface area contributed by atoms with E-state index in [1.807, 2.05) is 43.3 Å². The monoisotopic (exact) mass is 366 g/mol. The lowest BCUT2D eigenvalue weighted by Crippen LogP contribution is -2.39. The fourth-order valence-corrected chi connectivity index (χ4v) is 3.21. The molecule has 7 nitrogen and oxygen atoms in total. The third-order valence-electron chi connectivity index (χ3n) is 4.81. The van der Waals surface area contributed by atoms with Crippen LogP contribution >= 0.6 is 0 Å². The zero-order valence-electron chi connectivity index (χ0n) is 15.6. The predicted octanol–water partition coefficient (Wildman–Crippen LogP) is 2.02. The molecule has 5 N–H and O–H groups in total. The number of amides is 1. The molecule has 1 aromatic heterocycles. The number of primary amides is 1. The third-order valence-corrected chi connectivity index (χ3v) is 4.81. The maximum absolute atomic E-state index is 11.4. The molecule has 0 spiro atoms. The van der Waals surface area contributed by atoms with E-state index in [1.165, 1.54) is 5.56 Å². The van der Waals surface area contributed by atoms with Crippen LogP contribution in [-0.4, -0.2) is 29.9 Å². The van der Waals surface area contributed by atoms with Gasteiger partial charge in [0, 0.05) is 36.5 Å². The Kier molecular flexibility index (Phi) is 5.90. The summed E-state index contributed by atoms with van der Waals surface area (Å²) in [7, 11) is 0. The number of rotatable bonds is 5. The first kappa shape index (κ1) is 18.7. The molecule has 0 radical (unpaired) electrons. The van der Waals surface area contributed by atoms with Gasteiger partial charge in [0.05, 0.1) is 6.54 Å². The van der Waals surface area contributed by atoms with Gasteiger partial charge in [0.2, 0.25) is 5.91 Å². The molecule has 27 heavy (non-hydrogen) atoms. The van der Waals surface area contributed by atoms with Crippen LogP contribution in [0.25, 0.3) is 0 Å². The second-order valence-corrected chi connectivity index (χ2v) is 6.84. The van der Waals surface area contributed by atoms with Crippen LogP contribution in [-0.2, 0) is 11.3 Å². The molecule has 1 aliphatic rings. The number of nitrogens with two attached hydrogens (primary N) is 2. The van der Waals surface area contributed by atoms with Gasteiger partial charge in [0.1, 0.15) is 5.82 Å². The molecule has 0 aliphatic carbocycles. The minimum Gasteiger partial charge on any atom is -0.370 e. The number of carbonyl (C=O) groups excluding carboxylic acids is 1. The van der Waals surface area contributed by atoms with Gasteiger partial charge in [-0.15, -0.1) is 0 Å². The van der Waals surface area contributed by atoms with Crippen molar-refractivity contribution in [3.63, 3.8) is 0 Å². The summed E-state index contributed by atoms with van der Waals surface area (Å²) in [5.74, 6) is 1.00. The van der Waals surface area contributed by atoms with E-state index in [-0.39, 0.29) is 11.8 Å². The lowest BCUT2D eigenvalue weighted by Gasteiger charge is -2.32. The molecule has 1 amide bonds. The van der Waals surface area contributed by atoms with Gasteiger partial charge in [-0.05, 0) is 38.0 Å². The molecule has 0 unspecified atom stereocenters. The van der Waals surface area contributed by atoms with E-state index in [0.717, 1.165) is 43.0 Å². The lowest BCUT2D eigenvalue weighted by molar-refractivity contribution is -0.122. The Bertz CT molecular complexity index is 809. The van der Waals surface area contributed by atoms with Crippen molar-refractivity contribution in [3.05, 3.63) is 53.7 Å². The van der Waals surface area contributed by atoms with Crippen molar-refractivity contribution in [2.24, 2.45) is 22.4 Å². The quantitative estimate of drug-likeness (QED) is 0.554. The molecule has 7 heteroatoms. The number of hydrogen-bond donors (Lipinski definition) is 3. The first-order valence-electron chi connectivity index (χ1n) is 9.14. The Morgan fingerprint density at radius 1 is 1.22 bits per heavy atom. The van der Waals surface area contributed by atoms with Crippen LogP contribution in [0.4, 0.5) is 11.5 Å². The first-order chi connectivity index (χ1) is 13.0. The van der Waals surface area contributed by atoms with Crippen LogP contribution in [0.3, 0.4) is 0 Å². The maximum atomic E-state index is 11.4. The molecule has 1 aliphatic heterocycles. The van der Waals surface area contributed by atoms with Gasteiger partial charge in [-0.1, -0.05) is 23.8 Å². The molecule has 1 fully saturated rings. The highest BCUT2D eigenvalue weighted by Gasteiger charge is 2.24.